The van der Waals surface area contributed by atoms with Crippen LogP contribution < -0.4 is 0 Å². The molecular formula is C19H19N7O. The first-order valence-corrected chi connectivity index (χ1v) is 9.15. The summed E-state index contributed by atoms with van der Waals surface area (Å²) in [5.74, 6) is 1.95. The maximum atomic E-state index is 9.74. The first-order chi connectivity index (χ1) is 13.2. The predicted octanol–water partition coefficient (Wildman–Crippen LogP) is 2.17. The van der Waals surface area contributed by atoms with E-state index in [1.54, 1.807) is 10.9 Å². The number of hydrogen-bond donors (Lipinski definition) is 1. The minimum atomic E-state index is -0.186. The molecule has 0 spiro atoms. The molecule has 1 saturated carbocycles. The third kappa shape index (κ3) is 3.02. The van der Waals surface area contributed by atoms with Gasteiger partial charge in [-0.05, 0) is 50.3 Å². The Morgan fingerprint density at radius 1 is 1.11 bits per heavy atom. The van der Waals surface area contributed by atoms with E-state index in [2.05, 4.69) is 25.3 Å². The van der Waals surface area contributed by atoms with Gasteiger partial charge in [0.05, 0.1) is 23.5 Å². The molecule has 3 aromatic heterocycles. The summed E-state index contributed by atoms with van der Waals surface area (Å²) in [5, 5.41) is 19.1. The van der Waals surface area contributed by atoms with Crippen LogP contribution in [0.5, 0.6) is 0 Å². The fourth-order valence-electron chi connectivity index (χ4n) is 3.77. The van der Waals surface area contributed by atoms with E-state index < -0.39 is 0 Å². The van der Waals surface area contributed by atoms with Gasteiger partial charge in [-0.1, -0.05) is 5.21 Å². The molecule has 0 aliphatic heterocycles. The fraction of sp³-hybridized carbons (Fsp3) is 0.368. The van der Waals surface area contributed by atoms with Crippen LogP contribution >= 0.6 is 0 Å². The summed E-state index contributed by atoms with van der Waals surface area (Å²) >= 11 is 0. The Bertz CT molecular complexity index is 1140. The van der Waals surface area contributed by atoms with Crippen molar-refractivity contribution in [1.82, 2.24) is 34.9 Å². The van der Waals surface area contributed by atoms with Gasteiger partial charge in [0.2, 0.25) is 0 Å². The molecule has 1 N–H and O–H groups in total. The molecule has 3 heterocycles. The molecule has 0 saturated heterocycles. The van der Waals surface area contributed by atoms with E-state index in [1.807, 2.05) is 31.3 Å². The lowest BCUT2D eigenvalue weighted by Gasteiger charge is -2.08. The molecule has 0 unspecified atom stereocenters. The van der Waals surface area contributed by atoms with Crippen LogP contribution in [0.1, 0.15) is 30.9 Å². The van der Waals surface area contributed by atoms with Crippen LogP contribution in [0, 0.1) is 12.8 Å². The van der Waals surface area contributed by atoms with Crippen molar-refractivity contribution < 1.29 is 5.11 Å². The lowest BCUT2D eigenvalue weighted by molar-refractivity contribution is 0.177. The Balaban J connectivity index is 1.53. The highest BCUT2D eigenvalue weighted by Crippen LogP contribution is 2.28. The summed E-state index contributed by atoms with van der Waals surface area (Å²) in [7, 11) is 0. The quantitative estimate of drug-likeness (QED) is 0.596. The molecule has 8 nitrogen and oxygen atoms in total. The summed E-state index contributed by atoms with van der Waals surface area (Å²) < 4.78 is 1.73. The summed E-state index contributed by atoms with van der Waals surface area (Å²) in [4.78, 5) is 17.8. The van der Waals surface area contributed by atoms with Gasteiger partial charge in [0.25, 0.3) is 0 Å². The second-order valence-corrected chi connectivity index (χ2v) is 7.19. The summed E-state index contributed by atoms with van der Waals surface area (Å²) in [6.07, 6.45) is 6.82. The fourth-order valence-corrected chi connectivity index (χ4v) is 3.77. The molecule has 4 aromatic rings. The molecule has 136 valence electrons. The topological polar surface area (TPSA) is 102 Å². The van der Waals surface area contributed by atoms with E-state index in [0.29, 0.717) is 17.1 Å². The monoisotopic (exact) mass is 361 g/mol. The van der Waals surface area contributed by atoms with Gasteiger partial charge in [0.1, 0.15) is 11.6 Å². The molecule has 8 heteroatoms. The molecule has 0 radical (unpaired) electrons. The number of hydrogen-bond acceptors (Lipinski definition) is 7. The number of rotatable bonds is 3. The smallest absolute Gasteiger partial charge is 0.187 e. The van der Waals surface area contributed by atoms with E-state index in [-0.39, 0.29) is 6.10 Å². The van der Waals surface area contributed by atoms with E-state index in [1.165, 1.54) is 0 Å². The zero-order chi connectivity index (χ0) is 18.4. The first kappa shape index (κ1) is 16.2. The van der Waals surface area contributed by atoms with Crippen molar-refractivity contribution in [2.45, 2.75) is 38.7 Å². The summed E-state index contributed by atoms with van der Waals surface area (Å²) in [5.41, 5.74) is 3.10. The number of benzene rings is 1. The van der Waals surface area contributed by atoms with Gasteiger partial charge >= 0.3 is 0 Å². The lowest BCUT2D eigenvalue weighted by atomic mass is 10.0. The molecular weight excluding hydrogens is 342 g/mol. The average molecular weight is 361 g/mol. The van der Waals surface area contributed by atoms with Crippen LogP contribution in [0.15, 0.2) is 30.6 Å². The predicted molar refractivity (Wildman–Crippen MR) is 99.3 cm³/mol. The number of nitrogens with zero attached hydrogens (tertiary/aromatic N) is 7. The zero-order valence-electron chi connectivity index (χ0n) is 14.9. The maximum absolute atomic E-state index is 9.74. The van der Waals surface area contributed by atoms with Crippen molar-refractivity contribution in [3.63, 3.8) is 0 Å². The van der Waals surface area contributed by atoms with Crippen LogP contribution in [0.25, 0.3) is 27.8 Å². The van der Waals surface area contributed by atoms with Gasteiger partial charge in [0.15, 0.2) is 11.2 Å². The third-order valence-corrected chi connectivity index (χ3v) is 5.16. The van der Waals surface area contributed by atoms with Crippen LogP contribution in [-0.4, -0.2) is 46.1 Å². The number of aliphatic hydroxyl groups excluding tert-OH is 1. The summed E-state index contributed by atoms with van der Waals surface area (Å²) in [6.45, 7) is 1.88. The van der Waals surface area contributed by atoms with E-state index in [4.69, 9.17) is 4.98 Å². The zero-order valence-corrected chi connectivity index (χ0v) is 14.9. The molecule has 2 atom stereocenters. The maximum Gasteiger partial charge on any atom is 0.187 e. The molecule has 27 heavy (non-hydrogen) atoms. The highest BCUT2D eigenvalue weighted by Gasteiger charge is 2.24. The highest BCUT2D eigenvalue weighted by molar-refractivity contribution is 5.81. The van der Waals surface area contributed by atoms with E-state index in [0.717, 1.165) is 53.9 Å². The number of aryl methyl sites for hydroxylation is 1. The van der Waals surface area contributed by atoms with E-state index in [9.17, 15) is 5.11 Å². The van der Waals surface area contributed by atoms with Crippen molar-refractivity contribution in [2.24, 2.45) is 5.92 Å². The van der Waals surface area contributed by atoms with Gasteiger partial charge in [-0.25, -0.2) is 19.9 Å². The molecule has 1 aliphatic carbocycles. The van der Waals surface area contributed by atoms with Crippen LogP contribution in [-0.2, 0) is 6.42 Å². The largest absolute Gasteiger partial charge is 0.393 e. The van der Waals surface area contributed by atoms with Crippen LogP contribution in [0.4, 0.5) is 0 Å². The van der Waals surface area contributed by atoms with Crippen molar-refractivity contribution in [1.29, 1.82) is 0 Å². The number of aliphatic hydroxyl groups is 1. The molecule has 0 amide bonds. The van der Waals surface area contributed by atoms with Crippen molar-refractivity contribution in [3.05, 3.63) is 42.2 Å². The Kier molecular flexibility index (Phi) is 3.78. The van der Waals surface area contributed by atoms with Crippen LogP contribution in [0.2, 0.25) is 0 Å². The number of fused-ring (bicyclic) bond motifs is 2. The van der Waals surface area contributed by atoms with E-state index >= 15 is 0 Å². The minimum absolute atomic E-state index is 0.186. The van der Waals surface area contributed by atoms with Gasteiger partial charge in [0, 0.05) is 18.0 Å². The lowest BCUT2D eigenvalue weighted by Crippen LogP contribution is -2.07. The van der Waals surface area contributed by atoms with Crippen molar-refractivity contribution in [2.75, 3.05) is 0 Å². The van der Waals surface area contributed by atoms with Gasteiger partial charge in [-0.2, -0.15) is 4.68 Å². The third-order valence-electron chi connectivity index (χ3n) is 5.16. The minimum Gasteiger partial charge on any atom is -0.393 e. The average Bonchev–Trinajstić information content (AvgIpc) is 3.27. The van der Waals surface area contributed by atoms with Crippen molar-refractivity contribution >= 4 is 22.1 Å². The second-order valence-electron chi connectivity index (χ2n) is 7.19. The Labute approximate surface area is 155 Å². The molecule has 1 fully saturated rings. The molecule has 0 bridgehead atoms. The SMILES string of the molecule is Cc1ncc2cc(-n3nnc4cnc(C[C@@H]5CC[C@@H](O)C5)nc43)ccc2n1. The molecule has 1 aromatic carbocycles. The van der Waals surface area contributed by atoms with Gasteiger partial charge < -0.3 is 5.11 Å². The molecule has 1 aliphatic rings. The first-order valence-electron chi connectivity index (χ1n) is 9.15. The Morgan fingerprint density at radius 2 is 2.04 bits per heavy atom. The van der Waals surface area contributed by atoms with Gasteiger partial charge in [-0.3, -0.25) is 0 Å². The number of aromatic nitrogens is 7. The molecule has 5 rings (SSSR count). The Morgan fingerprint density at radius 3 is 2.89 bits per heavy atom. The van der Waals surface area contributed by atoms with Crippen LogP contribution in [0.3, 0.4) is 0 Å². The highest BCUT2D eigenvalue weighted by atomic mass is 16.3. The van der Waals surface area contributed by atoms with Gasteiger partial charge in [-0.15, -0.1) is 5.10 Å². The normalized spacial score (nSPS) is 19.9. The standard InChI is InChI=1S/C19H19N7O/c1-11-20-9-13-8-14(3-5-16(13)22-11)26-19-17(24-25-26)10-21-18(23-19)7-12-2-4-15(27)6-12/h3,5,8-10,12,15,27H,2,4,6-7H2,1H3/t12-,15-/m1/s1. The Hall–Kier alpha value is -3.00. The second kappa shape index (κ2) is 6.31. The van der Waals surface area contributed by atoms with Crippen molar-refractivity contribution in [3.8, 4) is 5.69 Å². The summed E-state index contributed by atoms with van der Waals surface area (Å²) in [6, 6.07) is 5.89.